The molecule has 0 saturated carbocycles. The van der Waals surface area contributed by atoms with E-state index in [4.69, 9.17) is 4.74 Å². The highest BCUT2D eigenvalue weighted by Crippen LogP contribution is 2.10. The minimum Gasteiger partial charge on any atom is -0.383 e. The summed E-state index contributed by atoms with van der Waals surface area (Å²) in [7, 11) is 1.60. The fourth-order valence-corrected chi connectivity index (χ4v) is 1.86. The molecule has 1 aromatic carbocycles. The van der Waals surface area contributed by atoms with Crippen LogP contribution in [0, 0.1) is 0 Å². The number of benzene rings is 1. The van der Waals surface area contributed by atoms with Gasteiger partial charge in [0, 0.05) is 30.8 Å². The van der Waals surface area contributed by atoms with Crippen molar-refractivity contribution >= 4 is 17.5 Å². The fourth-order valence-electron chi connectivity index (χ4n) is 1.86. The van der Waals surface area contributed by atoms with Gasteiger partial charge in [-0.25, -0.2) is 0 Å². The molecule has 1 atom stereocenters. The highest BCUT2D eigenvalue weighted by atomic mass is 16.5. The SMILES string of the molecule is CCCCC(=O)Nc1ccc(C(=O)NC(C)COC)cc1. The molecule has 0 aliphatic rings. The first-order chi connectivity index (χ1) is 10.1. The molecule has 0 aromatic heterocycles. The Balaban J connectivity index is 2.53. The molecule has 5 nitrogen and oxygen atoms in total. The Hall–Kier alpha value is -1.88. The average Bonchev–Trinajstić information content (AvgIpc) is 2.46. The third-order valence-corrected chi connectivity index (χ3v) is 2.98. The van der Waals surface area contributed by atoms with E-state index in [0.717, 1.165) is 12.8 Å². The normalized spacial score (nSPS) is 11.8. The summed E-state index contributed by atoms with van der Waals surface area (Å²) >= 11 is 0. The number of anilines is 1. The van der Waals surface area contributed by atoms with Gasteiger partial charge in [0.2, 0.25) is 5.91 Å². The van der Waals surface area contributed by atoms with E-state index < -0.39 is 0 Å². The highest BCUT2D eigenvalue weighted by molar-refractivity contribution is 5.95. The lowest BCUT2D eigenvalue weighted by molar-refractivity contribution is -0.116. The van der Waals surface area contributed by atoms with E-state index in [1.807, 2.05) is 13.8 Å². The number of amides is 2. The molecule has 21 heavy (non-hydrogen) atoms. The number of hydrogen-bond donors (Lipinski definition) is 2. The number of carbonyl (C=O) groups excluding carboxylic acids is 2. The van der Waals surface area contributed by atoms with Gasteiger partial charge in [-0.2, -0.15) is 0 Å². The molecule has 1 rings (SSSR count). The number of hydrogen-bond acceptors (Lipinski definition) is 3. The zero-order valence-corrected chi connectivity index (χ0v) is 12.9. The first kappa shape index (κ1) is 17.2. The van der Waals surface area contributed by atoms with E-state index in [-0.39, 0.29) is 17.9 Å². The highest BCUT2D eigenvalue weighted by Gasteiger charge is 2.09. The van der Waals surface area contributed by atoms with E-state index in [9.17, 15) is 9.59 Å². The Morgan fingerprint density at radius 1 is 1.24 bits per heavy atom. The van der Waals surface area contributed by atoms with Gasteiger partial charge < -0.3 is 15.4 Å². The summed E-state index contributed by atoms with van der Waals surface area (Å²) in [4.78, 5) is 23.6. The van der Waals surface area contributed by atoms with Crippen LogP contribution in [0.15, 0.2) is 24.3 Å². The predicted molar refractivity (Wildman–Crippen MR) is 83.4 cm³/mol. The summed E-state index contributed by atoms with van der Waals surface area (Å²) < 4.78 is 4.97. The molecule has 0 heterocycles. The van der Waals surface area contributed by atoms with Gasteiger partial charge in [0.05, 0.1) is 6.61 Å². The van der Waals surface area contributed by atoms with Crippen molar-refractivity contribution in [2.45, 2.75) is 39.2 Å². The Kier molecular flexibility index (Phi) is 7.46. The molecule has 0 fully saturated rings. The number of unbranched alkanes of at least 4 members (excludes halogenated alkanes) is 1. The standard InChI is InChI=1S/C16H24N2O3/c1-4-5-6-15(19)18-14-9-7-13(8-10-14)16(20)17-12(2)11-21-3/h7-10,12H,4-6,11H2,1-3H3,(H,17,20)(H,18,19). The maximum Gasteiger partial charge on any atom is 0.251 e. The van der Waals surface area contributed by atoms with Crippen molar-refractivity contribution in [1.29, 1.82) is 0 Å². The quantitative estimate of drug-likeness (QED) is 0.774. The van der Waals surface area contributed by atoms with Gasteiger partial charge in [-0.15, -0.1) is 0 Å². The Bertz CT molecular complexity index is 457. The molecule has 0 aliphatic heterocycles. The lowest BCUT2D eigenvalue weighted by atomic mass is 10.1. The lowest BCUT2D eigenvalue weighted by Crippen LogP contribution is -2.35. The first-order valence-corrected chi connectivity index (χ1v) is 7.26. The molecular formula is C16H24N2O3. The Labute approximate surface area is 126 Å². The summed E-state index contributed by atoms with van der Waals surface area (Å²) in [5.74, 6) is -0.147. The Morgan fingerprint density at radius 2 is 1.90 bits per heavy atom. The van der Waals surface area contributed by atoms with Crippen molar-refractivity contribution in [2.24, 2.45) is 0 Å². The number of carbonyl (C=O) groups is 2. The number of nitrogens with one attached hydrogen (secondary N) is 2. The van der Waals surface area contributed by atoms with Crippen LogP contribution in [-0.2, 0) is 9.53 Å². The molecule has 0 saturated heterocycles. The zero-order chi connectivity index (χ0) is 15.7. The van der Waals surface area contributed by atoms with Crippen molar-refractivity contribution < 1.29 is 14.3 Å². The second-order valence-electron chi connectivity index (χ2n) is 5.06. The van der Waals surface area contributed by atoms with Crippen molar-refractivity contribution in [3.63, 3.8) is 0 Å². The van der Waals surface area contributed by atoms with Crippen LogP contribution in [0.25, 0.3) is 0 Å². The van der Waals surface area contributed by atoms with Gasteiger partial charge in [-0.3, -0.25) is 9.59 Å². The number of ether oxygens (including phenoxy) is 1. The number of methoxy groups -OCH3 is 1. The molecule has 5 heteroatoms. The van der Waals surface area contributed by atoms with E-state index in [1.165, 1.54) is 0 Å². The van der Waals surface area contributed by atoms with Crippen LogP contribution in [0.4, 0.5) is 5.69 Å². The van der Waals surface area contributed by atoms with Crippen LogP contribution in [0.1, 0.15) is 43.5 Å². The van der Waals surface area contributed by atoms with E-state index in [1.54, 1.807) is 31.4 Å². The Morgan fingerprint density at radius 3 is 2.48 bits per heavy atom. The second kappa shape index (κ2) is 9.13. The van der Waals surface area contributed by atoms with Crippen LogP contribution >= 0.6 is 0 Å². The van der Waals surface area contributed by atoms with E-state index in [0.29, 0.717) is 24.3 Å². The summed E-state index contributed by atoms with van der Waals surface area (Å²) in [5, 5.41) is 5.65. The smallest absolute Gasteiger partial charge is 0.251 e. The van der Waals surface area contributed by atoms with Crippen LogP contribution in [0.3, 0.4) is 0 Å². The minimum atomic E-state index is -0.150. The van der Waals surface area contributed by atoms with Crippen LogP contribution in [0.5, 0.6) is 0 Å². The zero-order valence-electron chi connectivity index (χ0n) is 12.9. The van der Waals surface area contributed by atoms with Gasteiger partial charge in [0.25, 0.3) is 5.91 Å². The second-order valence-corrected chi connectivity index (χ2v) is 5.06. The molecule has 1 aromatic rings. The summed E-state index contributed by atoms with van der Waals surface area (Å²) in [5.41, 5.74) is 1.27. The van der Waals surface area contributed by atoms with Crippen molar-refractivity contribution in [1.82, 2.24) is 5.32 Å². The van der Waals surface area contributed by atoms with Crippen LogP contribution in [0.2, 0.25) is 0 Å². The maximum atomic E-state index is 12.0. The molecule has 0 aliphatic carbocycles. The van der Waals surface area contributed by atoms with E-state index >= 15 is 0 Å². The predicted octanol–water partition coefficient (Wildman–Crippen LogP) is 2.58. The monoisotopic (exact) mass is 292 g/mol. The topological polar surface area (TPSA) is 67.4 Å². The molecule has 0 spiro atoms. The largest absolute Gasteiger partial charge is 0.383 e. The number of rotatable bonds is 8. The van der Waals surface area contributed by atoms with Crippen LogP contribution < -0.4 is 10.6 Å². The third kappa shape index (κ3) is 6.40. The fraction of sp³-hybridized carbons (Fsp3) is 0.500. The molecule has 2 N–H and O–H groups in total. The minimum absolute atomic E-state index is 0.00256. The van der Waals surface area contributed by atoms with Crippen molar-refractivity contribution in [3.8, 4) is 0 Å². The third-order valence-electron chi connectivity index (χ3n) is 2.98. The maximum absolute atomic E-state index is 12.0. The average molecular weight is 292 g/mol. The lowest BCUT2D eigenvalue weighted by Gasteiger charge is -2.13. The molecule has 2 amide bonds. The van der Waals surface area contributed by atoms with Crippen molar-refractivity contribution in [2.75, 3.05) is 19.0 Å². The molecule has 0 bridgehead atoms. The molecule has 0 radical (unpaired) electrons. The van der Waals surface area contributed by atoms with E-state index in [2.05, 4.69) is 10.6 Å². The van der Waals surface area contributed by atoms with Crippen molar-refractivity contribution in [3.05, 3.63) is 29.8 Å². The molecule has 116 valence electrons. The summed E-state index contributed by atoms with van der Waals surface area (Å²) in [6, 6.07) is 6.82. The molecular weight excluding hydrogens is 268 g/mol. The first-order valence-electron chi connectivity index (χ1n) is 7.26. The van der Waals surface area contributed by atoms with Gasteiger partial charge in [0.1, 0.15) is 0 Å². The summed E-state index contributed by atoms with van der Waals surface area (Å²) in [6.07, 6.45) is 2.39. The van der Waals surface area contributed by atoms with Gasteiger partial charge in [-0.05, 0) is 37.6 Å². The van der Waals surface area contributed by atoms with Crippen LogP contribution in [-0.4, -0.2) is 31.6 Å². The van der Waals surface area contributed by atoms with Gasteiger partial charge in [0.15, 0.2) is 0 Å². The van der Waals surface area contributed by atoms with Gasteiger partial charge in [-0.1, -0.05) is 13.3 Å². The summed E-state index contributed by atoms with van der Waals surface area (Å²) in [6.45, 7) is 4.40. The molecule has 1 unspecified atom stereocenters. The van der Waals surface area contributed by atoms with Gasteiger partial charge >= 0.3 is 0 Å².